The predicted octanol–water partition coefficient (Wildman–Crippen LogP) is 4.09. The fraction of sp³-hybridized carbons (Fsp3) is 0.273. The van der Waals surface area contributed by atoms with Gasteiger partial charge in [0.15, 0.2) is 0 Å². The SMILES string of the molecule is CCOCn1cnc([C@H](Cc2ccccc2)NC(=O)OCc2ccccc2)c1. The van der Waals surface area contributed by atoms with Crippen molar-refractivity contribution in [1.82, 2.24) is 14.9 Å². The monoisotopic (exact) mass is 379 g/mol. The highest BCUT2D eigenvalue weighted by atomic mass is 16.5. The van der Waals surface area contributed by atoms with Crippen molar-refractivity contribution in [2.75, 3.05) is 6.61 Å². The molecule has 6 heteroatoms. The number of benzene rings is 2. The number of imidazole rings is 1. The van der Waals surface area contributed by atoms with E-state index < -0.39 is 6.09 Å². The second-order valence-corrected chi connectivity index (χ2v) is 6.38. The molecule has 1 amide bonds. The molecule has 0 unspecified atom stereocenters. The summed E-state index contributed by atoms with van der Waals surface area (Å²) in [5, 5.41) is 2.94. The fourth-order valence-corrected chi connectivity index (χ4v) is 2.81. The van der Waals surface area contributed by atoms with Gasteiger partial charge in [-0.1, -0.05) is 60.7 Å². The molecule has 1 atom stereocenters. The molecule has 0 fully saturated rings. The normalized spacial score (nSPS) is 11.8. The van der Waals surface area contributed by atoms with Crippen molar-refractivity contribution in [2.45, 2.75) is 32.7 Å². The van der Waals surface area contributed by atoms with Crippen molar-refractivity contribution >= 4 is 6.09 Å². The fourth-order valence-electron chi connectivity index (χ4n) is 2.81. The summed E-state index contributed by atoms with van der Waals surface area (Å²) in [6, 6.07) is 19.3. The number of hydrogen-bond acceptors (Lipinski definition) is 4. The third-order valence-corrected chi connectivity index (χ3v) is 4.24. The number of nitrogens with zero attached hydrogens (tertiary/aromatic N) is 2. The number of alkyl carbamates (subject to hydrolysis) is 1. The largest absolute Gasteiger partial charge is 0.445 e. The van der Waals surface area contributed by atoms with Crippen molar-refractivity contribution in [1.29, 1.82) is 0 Å². The molecule has 6 nitrogen and oxygen atoms in total. The van der Waals surface area contributed by atoms with Crippen LogP contribution in [0.25, 0.3) is 0 Å². The summed E-state index contributed by atoms with van der Waals surface area (Å²) in [5.74, 6) is 0. The van der Waals surface area contributed by atoms with E-state index in [0.717, 1.165) is 16.8 Å². The molecule has 1 heterocycles. The van der Waals surface area contributed by atoms with Crippen LogP contribution in [0.15, 0.2) is 73.2 Å². The van der Waals surface area contributed by atoms with Crippen LogP contribution in [0.1, 0.15) is 29.8 Å². The second-order valence-electron chi connectivity index (χ2n) is 6.38. The summed E-state index contributed by atoms with van der Waals surface area (Å²) < 4.78 is 12.6. The molecule has 0 bridgehead atoms. The summed E-state index contributed by atoms with van der Waals surface area (Å²) in [5.41, 5.74) is 2.81. The number of nitrogens with one attached hydrogen (secondary N) is 1. The van der Waals surface area contributed by atoms with Crippen LogP contribution >= 0.6 is 0 Å². The smallest absolute Gasteiger partial charge is 0.408 e. The summed E-state index contributed by atoms with van der Waals surface area (Å²) in [6.45, 7) is 3.23. The van der Waals surface area contributed by atoms with Gasteiger partial charge in [0.2, 0.25) is 0 Å². The van der Waals surface area contributed by atoms with E-state index in [1.54, 1.807) is 6.33 Å². The molecule has 0 aliphatic carbocycles. The third kappa shape index (κ3) is 5.96. The molecule has 1 aromatic heterocycles. The van der Waals surface area contributed by atoms with Crippen LogP contribution in [0.2, 0.25) is 0 Å². The average Bonchev–Trinajstić information content (AvgIpc) is 3.21. The quantitative estimate of drug-likeness (QED) is 0.608. The summed E-state index contributed by atoms with van der Waals surface area (Å²) in [4.78, 5) is 16.8. The van der Waals surface area contributed by atoms with E-state index in [0.29, 0.717) is 19.8 Å². The van der Waals surface area contributed by atoms with Gasteiger partial charge in [0.25, 0.3) is 0 Å². The average molecular weight is 379 g/mol. The Kier molecular flexibility index (Phi) is 7.21. The van der Waals surface area contributed by atoms with Crippen molar-refractivity contribution in [3.63, 3.8) is 0 Å². The van der Waals surface area contributed by atoms with E-state index in [9.17, 15) is 4.79 Å². The zero-order valence-electron chi connectivity index (χ0n) is 16.0. The minimum atomic E-state index is -0.468. The Morgan fingerprint density at radius 1 is 1.07 bits per heavy atom. The highest BCUT2D eigenvalue weighted by Gasteiger charge is 2.19. The topological polar surface area (TPSA) is 65.4 Å². The van der Waals surface area contributed by atoms with Crippen molar-refractivity contribution < 1.29 is 14.3 Å². The van der Waals surface area contributed by atoms with Crippen LogP contribution in [0, 0.1) is 0 Å². The van der Waals surface area contributed by atoms with Crippen LogP contribution in [0.4, 0.5) is 4.79 Å². The Balaban J connectivity index is 1.66. The standard InChI is InChI=1S/C22H25N3O3/c1-2-27-17-25-14-21(23-16-25)20(13-18-9-5-3-6-10-18)24-22(26)28-15-19-11-7-4-8-12-19/h3-12,14,16,20H,2,13,15,17H2,1H3,(H,24,26)/t20-/m0/s1. The van der Waals surface area contributed by atoms with E-state index in [4.69, 9.17) is 9.47 Å². The summed E-state index contributed by atoms with van der Waals surface area (Å²) in [6.07, 6.45) is 3.75. The van der Waals surface area contributed by atoms with E-state index in [-0.39, 0.29) is 12.6 Å². The number of ether oxygens (including phenoxy) is 2. The van der Waals surface area contributed by atoms with Crippen LogP contribution in [-0.4, -0.2) is 22.3 Å². The van der Waals surface area contributed by atoms with E-state index >= 15 is 0 Å². The first-order valence-electron chi connectivity index (χ1n) is 9.35. The highest BCUT2D eigenvalue weighted by molar-refractivity contribution is 5.67. The Bertz CT molecular complexity index is 850. The van der Waals surface area contributed by atoms with Crippen molar-refractivity contribution in [3.05, 3.63) is 90.0 Å². The first-order chi connectivity index (χ1) is 13.7. The molecule has 0 radical (unpaired) electrons. The third-order valence-electron chi connectivity index (χ3n) is 4.24. The minimum Gasteiger partial charge on any atom is -0.445 e. The molecule has 146 valence electrons. The number of carbonyl (C=O) groups excluding carboxylic acids is 1. The molecule has 3 aromatic rings. The zero-order valence-corrected chi connectivity index (χ0v) is 16.0. The maximum absolute atomic E-state index is 12.4. The van der Waals surface area contributed by atoms with Gasteiger partial charge >= 0.3 is 6.09 Å². The number of aromatic nitrogens is 2. The lowest BCUT2D eigenvalue weighted by atomic mass is 10.0. The molecule has 0 spiro atoms. The minimum absolute atomic E-state index is 0.226. The molecular formula is C22H25N3O3. The van der Waals surface area contributed by atoms with Gasteiger partial charge < -0.3 is 19.4 Å². The van der Waals surface area contributed by atoms with Gasteiger partial charge in [0.1, 0.15) is 13.3 Å². The maximum atomic E-state index is 12.4. The van der Waals surface area contributed by atoms with Gasteiger partial charge in [-0.25, -0.2) is 9.78 Å². The molecule has 0 aliphatic heterocycles. The number of rotatable bonds is 9. The number of amides is 1. The van der Waals surface area contributed by atoms with Gasteiger partial charge in [0, 0.05) is 12.8 Å². The molecule has 3 rings (SSSR count). The molecule has 1 N–H and O–H groups in total. The molecule has 28 heavy (non-hydrogen) atoms. The van der Waals surface area contributed by atoms with Gasteiger partial charge in [-0.15, -0.1) is 0 Å². The van der Waals surface area contributed by atoms with Crippen LogP contribution in [-0.2, 0) is 29.2 Å². The van der Waals surface area contributed by atoms with Crippen LogP contribution in [0.3, 0.4) is 0 Å². The van der Waals surface area contributed by atoms with Crippen LogP contribution < -0.4 is 5.32 Å². The maximum Gasteiger partial charge on any atom is 0.408 e. The molecule has 0 saturated heterocycles. The van der Waals surface area contributed by atoms with Crippen molar-refractivity contribution in [2.24, 2.45) is 0 Å². The Morgan fingerprint density at radius 2 is 1.75 bits per heavy atom. The summed E-state index contributed by atoms with van der Waals surface area (Å²) >= 11 is 0. The number of carbonyl (C=O) groups is 1. The first-order valence-corrected chi connectivity index (χ1v) is 9.35. The predicted molar refractivity (Wildman–Crippen MR) is 107 cm³/mol. The molecule has 0 aliphatic rings. The van der Waals surface area contributed by atoms with Gasteiger partial charge in [-0.3, -0.25) is 0 Å². The lowest BCUT2D eigenvalue weighted by molar-refractivity contribution is 0.0877. The molecule has 2 aromatic carbocycles. The lowest BCUT2D eigenvalue weighted by Gasteiger charge is -2.17. The van der Waals surface area contributed by atoms with E-state index in [1.165, 1.54) is 0 Å². The molecule has 0 saturated carbocycles. The van der Waals surface area contributed by atoms with Gasteiger partial charge in [-0.05, 0) is 24.5 Å². The Hall–Kier alpha value is -3.12. The Morgan fingerprint density at radius 3 is 2.43 bits per heavy atom. The number of hydrogen-bond donors (Lipinski definition) is 1. The van der Waals surface area contributed by atoms with Crippen molar-refractivity contribution in [3.8, 4) is 0 Å². The van der Waals surface area contributed by atoms with Gasteiger partial charge in [-0.2, -0.15) is 0 Å². The lowest BCUT2D eigenvalue weighted by Crippen LogP contribution is -2.30. The zero-order chi connectivity index (χ0) is 19.6. The second kappa shape index (κ2) is 10.3. The van der Waals surface area contributed by atoms with Crippen LogP contribution in [0.5, 0.6) is 0 Å². The van der Waals surface area contributed by atoms with Gasteiger partial charge in [0.05, 0.1) is 18.1 Å². The van der Waals surface area contributed by atoms with E-state index in [1.807, 2.05) is 78.4 Å². The first kappa shape index (κ1) is 19.6. The van der Waals surface area contributed by atoms with E-state index in [2.05, 4.69) is 10.3 Å². The summed E-state index contributed by atoms with van der Waals surface area (Å²) in [7, 11) is 0. The Labute approximate surface area is 165 Å². The highest BCUT2D eigenvalue weighted by Crippen LogP contribution is 2.17. The molecular weight excluding hydrogens is 354 g/mol.